The van der Waals surface area contributed by atoms with Crippen molar-refractivity contribution in [2.45, 2.75) is 6.54 Å². The van der Waals surface area contributed by atoms with Gasteiger partial charge in [-0.1, -0.05) is 6.07 Å². The third kappa shape index (κ3) is 2.43. The Hall–Kier alpha value is -1.65. The standard InChI is InChI=1S/C10H10F2N2O/c11-8-2-1-7(5-9(8)12)6-14-10-13-3-4-15-10/h1-2,5H,3-4,6H2,(H,13,14). The molecule has 2 rings (SSSR count). The number of hydrogen-bond acceptors (Lipinski definition) is 3. The second-order valence-electron chi connectivity index (χ2n) is 3.14. The molecule has 1 N–H and O–H groups in total. The fraction of sp³-hybridized carbons (Fsp3) is 0.300. The molecule has 0 amide bonds. The molecule has 0 saturated heterocycles. The van der Waals surface area contributed by atoms with Crippen molar-refractivity contribution in [1.29, 1.82) is 0 Å². The zero-order chi connectivity index (χ0) is 10.7. The Morgan fingerprint density at radius 3 is 2.87 bits per heavy atom. The summed E-state index contributed by atoms with van der Waals surface area (Å²) in [7, 11) is 0. The first-order valence-electron chi connectivity index (χ1n) is 4.61. The SMILES string of the molecule is Fc1ccc(CNC2=NCCO2)cc1F. The van der Waals surface area contributed by atoms with Gasteiger partial charge in [0.2, 0.25) is 0 Å². The number of halogens is 2. The first-order valence-corrected chi connectivity index (χ1v) is 4.61. The van der Waals surface area contributed by atoms with Crippen LogP contribution in [0.1, 0.15) is 5.56 Å². The summed E-state index contributed by atoms with van der Waals surface area (Å²) in [6.45, 7) is 1.58. The Kier molecular flexibility index (Phi) is 2.80. The number of nitrogens with zero attached hydrogens (tertiary/aromatic N) is 1. The Balaban J connectivity index is 1.96. The summed E-state index contributed by atoms with van der Waals surface area (Å²) in [5.74, 6) is -1.68. The second-order valence-corrected chi connectivity index (χ2v) is 3.14. The smallest absolute Gasteiger partial charge is 0.285 e. The number of aliphatic imine (C=N–C) groups is 1. The fourth-order valence-corrected chi connectivity index (χ4v) is 1.27. The summed E-state index contributed by atoms with van der Waals surface area (Å²) in [6.07, 6.45) is 0. The monoisotopic (exact) mass is 212 g/mol. The molecule has 0 fully saturated rings. The van der Waals surface area contributed by atoms with Crippen LogP contribution in [0.5, 0.6) is 0 Å². The van der Waals surface area contributed by atoms with Crippen LogP contribution in [0.4, 0.5) is 8.78 Å². The van der Waals surface area contributed by atoms with E-state index in [-0.39, 0.29) is 0 Å². The molecular formula is C10H10F2N2O. The van der Waals surface area contributed by atoms with Crippen LogP contribution in [0.2, 0.25) is 0 Å². The molecule has 80 valence electrons. The maximum Gasteiger partial charge on any atom is 0.285 e. The van der Waals surface area contributed by atoms with Gasteiger partial charge in [-0.3, -0.25) is 0 Å². The Morgan fingerprint density at radius 2 is 2.20 bits per heavy atom. The van der Waals surface area contributed by atoms with E-state index in [2.05, 4.69) is 10.3 Å². The summed E-state index contributed by atoms with van der Waals surface area (Å²) in [4.78, 5) is 4.01. The zero-order valence-electron chi connectivity index (χ0n) is 7.96. The summed E-state index contributed by atoms with van der Waals surface area (Å²) in [5.41, 5.74) is 0.645. The van der Waals surface area contributed by atoms with E-state index in [9.17, 15) is 8.78 Å². The van der Waals surface area contributed by atoms with Crippen LogP contribution < -0.4 is 5.32 Å². The minimum absolute atomic E-state index is 0.371. The highest BCUT2D eigenvalue weighted by Gasteiger charge is 2.07. The van der Waals surface area contributed by atoms with Gasteiger partial charge in [-0.05, 0) is 17.7 Å². The zero-order valence-corrected chi connectivity index (χ0v) is 7.96. The minimum atomic E-state index is -0.844. The number of amidine groups is 1. The average Bonchev–Trinajstić information content (AvgIpc) is 2.73. The van der Waals surface area contributed by atoms with Crippen molar-refractivity contribution >= 4 is 6.02 Å². The highest BCUT2D eigenvalue weighted by atomic mass is 19.2. The maximum atomic E-state index is 12.8. The maximum absolute atomic E-state index is 12.8. The lowest BCUT2D eigenvalue weighted by Crippen LogP contribution is -2.22. The van der Waals surface area contributed by atoms with Crippen LogP contribution in [0, 0.1) is 11.6 Å². The van der Waals surface area contributed by atoms with Gasteiger partial charge in [0.25, 0.3) is 6.02 Å². The van der Waals surface area contributed by atoms with E-state index < -0.39 is 11.6 Å². The molecule has 0 saturated carbocycles. The minimum Gasteiger partial charge on any atom is -0.463 e. The van der Waals surface area contributed by atoms with Crippen molar-refractivity contribution in [3.05, 3.63) is 35.4 Å². The van der Waals surface area contributed by atoms with E-state index in [1.54, 1.807) is 0 Å². The molecule has 0 atom stereocenters. The molecule has 0 aliphatic carbocycles. The van der Waals surface area contributed by atoms with E-state index in [1.165, 1.54) is 6.07 Å². The molecule has 1 heterocycles. The third-order valence-electron chi connectivity index (χ3n) is 2.01. The Morgan fingerprint density at radius 1 is 1.33 bits per heavy atom. The molecule has 1 aliphatic heterocycles. The van der Waals surface area contributed by atoms with Crippen molar-refractivity contribution in [1.82, 2.24) is 5.32 Å². The van der Waals surface area contributed by atoms with Crippen LogP contribution in [-0.4, -0.2) is 19.2 Å². The second kappa shape index (κ2) is 4.25. The quantitative estimate of drug-likeness (QED) is 0.804. The fourth-order valence-electron chi connectivity index (χ4n) is 1.27. The van der Waals surface area contributed by atoms with Gasteiger partial charge in [0, 0.05) is 6.54 Å². The number of ether oxygens (including phenoxy) is 1. The lowest BCUT2D eigenvalue weighted by molar-refractivity contribution is 0.331. The summed E-state index contributed by atoms with van der Waals surface area (Å²) >= 11 is 0. The van der Waals surface area contributed by atoms with E-state index in [0.29, 0.717) is 31.3 Å². The number of nitrogens with one attached hydrogen (secondary N) is 1. The molecule has 0 radical (unpaired) electrons. The molecule has 0 aromatic heterocycles. The van der Waals surface area contributed by atoms with E-state index in [1.807, 2.05) is 0 Å². The van der Waals surface area contributed by atoms with Gasteiger partial charge in [-0.15, -0.1) is 0 Å². The van der Waals surface area contributed by atoms with Crippen molar-refractivity contribution in [3.8, 4) is 0 Å². The molecule has 3 nitrogen and oxygen atoms in total. The first-order chi connectivity index (χ1) is 7.25. The van der Waals surface area contributed by atoms with Crippen molar-refractivity contribution in [2.24, 2.45) is 4.99 Å². The predicted molar refractivity (Wildman–Crippen MR) is 51.5 cm³/mol. The van der Waals surface area contributed by atoms with Gasteiger partial charge in [0.1, 0.15) is 6.61 Å². The van der Waals surface area contributed by atoms with Gasteiger partial charge < -0.3 is 10.1 Å². The molecule has 1 aromatic rings. The molecule has 0 unspecified atom stereocenters. The first kappa shape index (κ1) is 9.89. The van der Waals surface area contributed by atoms with Crippen molar-refractivity contribution in [3.63, 3.8) is 0 Å². The lowest BCUT2D eigenvalue weighted by Gasteiger charge is -2.05. The number of hydrogen-bond donors (Lipinski definition) is 1. The highest BCUT2D eigenvalue weighted by Crippen LogP contribution is 2.08. The highest BCUT2D eigenvalue weighted by molar-refractivity contribution is 5.74. The van der Waals surface area contributed by atoms with Gasteiger partial charge >= 0.3 is 0 Å². The number of benzene rings is 1. The van der Waals surface area contributed by atoms with E-state index in [4.69, 9.17) is 4.74 Å². The van der Waals surface area contributed by atoms with Crippen LogP contribution in [0.25, 0.3) is 0 Å². The summed E-state index contributed by atoms with van der Waals surface area (Å²) in [6, 6.07) is 4.22. The molecular weight excluding hydrogens is 202 g/mol. The largest absolute Gasteiger partial charge is 0.463 e. The third-order valence-corrected chi connectivity index (χ3v) is 2.01. The Bertz CT molecular complexity index is 393. The Labute approximate surface area is 85.8 Å². The van der Waals surface area contributed by atoms with Gasteiger partial charge in [-0.2, -0.15) is 0 Å². The molecule has 15 heavy (non-hydrogen) atoms. The molecule has 1 aromatic carbocycles. The normalized spacial score (nSPS) is 14.7. The van der Waals surface area contributed by atoms with Gasteiger partial charge in [0.15, 0.2) is 11.6 Å². The average molecular weight is 212 g/mol. The topological polar surface area (TPSA) is 33.6 Å². The molecule has 0 spiro atoms. The van der Waals surface area contributed by atoms with Crippen molar-refractivity contribution in [2.75, 3.05) is 13.2 Å². The lowest BCUT2D eigenvalue weighted by atomic mass is 10.2. The van der Waals surface area contributed by atoms with Gasteiger partial charge in [0.05, 0.1) is 6.54 Å². The van der Waals surface area contributed by atoms with Gasteiger partial charge in [-0.25, -0.2) is 13.8 Å². The summed E-state index contributed by atoms with van der Waals surface area (Å²) < 4.78 is 30.5. The van der Waals surface area contributed by atoms with E-state index in [0.717, 1.165) is 12.1 Å². The van der Waals surface area contributed by atoms with Crippen LogP contribution in [0.3, 0.4) is 0 Å². The van der Waals surface area contributed by atoms with Crippen LogP contribution in [-0.2, 0) is 11.3 Å². The molecule has 5 heteroatoms. The molecule has 0 bridgehead atoms. The van der Waals surface area contributed by atoms with Crippen molar-refractivity contribution < 1.29 is 13.5 Å². The summed E-state index contributed by atoms with van der Waals surface area (Å²) in [5, 5.41) is 2.88. The van der Waals surface area contributed by atoms with Crippen LogP contribution in [0.15, 0.2) is 23.2 Å². The van der Waals surface area contributed by atoms with Crippen LogP contribution >= 0.6 is 0 Å². The number of rotatable bonds is 2. The molecule has 1 aliphatic rings. The predicted octanol–water partition coefficient (Wildman–Crippen LogP) is 1.44. The van der Waals surface area contributed by atoms with E-state index >= 15 is 0 Å².